The molecule has 0 bridgehead atoms. The quantitative estimate of drug-likeness (QED) is 0.687. The van der Waals surface area contributed by atoms with E-state index in [1.165, 1.54) is 4.72 Å². The van der Waals surface area contributed by atoms with Crippen LogP contribution in [0.5, 0.6) is 0 Å². The molecule has 0 radical (unpaired) electrons. The van der Waals surface area contributed by atoms with Crippen molar-refractivity contribution in [2.45, 2.75) is 43.9 Å². The third-order valence-electron chi connectivity index (χ3n) is 2.59. The molecule has 2 atom stereocenters. The largest absolute Gasteiger partial charge is 0.402 e. The van der Waals surface area contributed by atoms with Gasteiger partial charge in [0, 0.05) is 12.1 Å². The summed E-state index contributed by atoms with van der Waals surface area (Å²) in [6.45, 7) is -1.58. The Hall–Kier alpha value is -0.380. The first-order chi connectivity index (χ1) is 7.70. The number of rotatable bonds is 4. The van der Waals surface area contributed by atoms with Gasteiger partial charge < -0.3 is 5.73 Å². The minimum Gasteiger partial charge on any atom is -0.326 e. The van der Waals surface area contributed by atoms with E-state index >= 15 is 0 Å². The molecule has 0 amide bonds. The van der Waals surface area contributed by atoms with E-state index in [9.17, 15) is 21.6 Å². The van der Waals surface area contributed by atoms with Crippen molar-refractivity contribution in [2.24, 2.45) is 5.73 Å². The normalized spacial score (nSPS) is 27.1. The summed E-state index contributed by atoms with van der Waals surface area (Å²) in [5, 5.41) is 0. The highest BCUT2D eigenvalue weighted by atomic mass is 32.2. The van der Waals surface area contributed by atoms with Crippen molar-refractivity contribution in [1.82, 2.24) is 9.44 Å². The van der Waals surface area contributed by atoms with Crippen molar-refractivity contribution in [3.8, 4) is 0 Å². The van der Waals surface area contributed by atoms with E-state index in [-0.39, 0.29) is 6.04 Å². The van der Waals surface area contributed by atoms with Gasteiger partial charge >= 0.3 is 6.18 Å². The van der Waals surface area contributed by atoms with Crippen LogP contribution in [0, 0.1) is 0 Å². The highest BCUT2D eigenvalue weighted by Crippen LogP contribution is 2.17. The zero-order chi connectivity index (χ0) is 13.1. The molecule has 1 aliphatic rings. The first kappa shape index (κ1) is 14.7. The van der Waals surface area contributed by atoms with Gasteiger partial charge in [0.1, 0.15) is 6.54 Å². The predicted molar refractivity (Wildman–Crippen MR) is 56.3 cm³/mol. The molecule has 102 valence electrons. The van der Waals surface area contributed by atoms with Gasteiger partial charge in [-0.15, -0.1) is 0 Å². The van der Waals surface area contributed by atoms with Crippen LogP contribution >= 0.6 is 0 Å². The Labute approximate surface area is 98.1 Å². The smallest absolute Gasteiger partial charge is 0.326 e. The molecule has 0 aliphatic heterocycles. The van der Waals surface area contributed by atoms with Gasteiger partial charge in [-0.3, -0.25) is 0 Å². The molecule has 9 heteroatoms. The van der Waals surface area contributed by atoms with Gasteiger partial charge in [-0.1, -0.05) is 12.8 Å². The summed E-state index contributed by atoms with van der Waals surface area (Å²) in [5.41, 5.74) is 5.69. The van der Waals surface area contributed by atoms with E-state index in [4.69, 9.17) is 5.73 Å². The van der Waals surface area contributed by atoms with E-state index in [0.717, 1.165) is 12.8 Å². The molecule has 0 saturated heterocycles. The molecule has 4 N–H and O–H groups in total. The zero-order valence-corrected chi connectivity index (χ0v) is 9.94. The topological polar surface area (TPSA) is 84.2 Å². The number of hydrogen-bond acceptors (Lipinski definition) is 3. The highest BCUT2D eigenvalue weighted by Gasteiger charge is 2.31. The summed E-state index contributed by atoms with van der Waals surface area (Å²) < 4.78 is 61.8. The van der Waals surface area contributed by atoms with Crippen LogP contribution in [0.2, 0.25) is 0 Å². The van der Waals surface area contributed by atoms with Crippen LogP contribution < -0.4 is 15.2 Å². The molecule has 0 spiro atoms. The second-order valence-electron chi connectivity index (χ2n) is 4.11. The van der Waals surface area contributed by atoms with Crippen LogP contribution in [0.1, 0.15) is 25.7 Å². The van der Waals surface area contributed by atoms with Crippen LogP contribution in [-0.4, -0.2) is 33.2 Å². The van der Waals surface area contributed by atoms with Crippen LogP contribution in [0.15, 0.2) is 0 Å². The summed E-state index contributed by atoms with van der Waals surface area (Å²) in [6, 6.07) is -0.833. The Morgan fingerprint density at radius 2 is 1.82 bits per heavy atom. The van der Waals surface area contributed by atoms with Gasteiger partial charge in [0.25, 0.3) is 10.2 Å². The van der Waals surface area contributed by atoms with Crippen molar-refractivity contribution < 1.29 is 21.6 Å². The van der Waals surface area contributed by atoms with Gasteiger partial charge in [0.2, 0.25) is 0 Å². The molecule has 1 saturated carbocycles. The Balaban J connectivity index is 2.48. The van der Waals surface area contributed by atoms with Crippen LogP contribution in [0.3, 0.4) is 0 Å². The van der Waals surface area contributed by atoms with Gasteiger partial charge in [0.05, 0.1) is 0 Å². The summed E-state index contributed by atoms with van der Waals surface area (Å²) in [6.07, 6.45) is -1.61. The average Bonchev–Trinajstić information content (AvgIpc) is 2.18. The number of halogens is 3. The monoisotopic (exact) mass is 275 g/mol. The van der Waals surface area contributed by atoms with Crippen LogP contribution in [0.4, 0.5) is 13.2 Å². The van der Waals surface area contributed by atoms with E-state index in [0.29, 0.717) is 12.8 Å². The Morgan fingerprint density at radius 1 is 1.24 bits per heavy atom. The molecule has 5 nitrogen and oxygen atoms in total. The second-order valence-corrected chi connectivity index (χ2v) is 5.64. The highest BCUT2D eigenvalue weighted by molar-refractivity contribution is 7.87. The lowest BCUT2D eigenvalue weighted by atomic mass is 9.92. The summed E-state index contributed by atoms with van der Waals surface area (Å²) in [7, 11) is -4.15. The summed E-state index contributed by atoms with van der Waals surface area (Å²) in [4.78, 5) is 0. The average molecular weight is 275 g/mol. The third kappa shape index (κ3) is 5.66. The Bertz CT molecular complexity index is 344. The lowest BCUT2D eigenvalue weighted by Crippen LogP contribution is -2.53. The molecule has 0 heterocycles. The molecular weight excluding hydrogens is 259 g/mol. The number of alkyl halides is 3. The first-order valence-corrected chi connectivity index (χ1v) is 6.77. The molecule has 1 rings (SSSR count). The molecule has 0 aromatic carbocycles. The zero-order valence-electron chi connectivity index (χ0n) is 9.13. The van der Waals surface area contributed by atoms with Crippen molar-refractivity contribution in [1.29, 1.82) is 0 Å². The van der Waals surface area contributed by atoms with Gasteiger partial charge in [-0.2, -0.15) is 31.0 Å². The summed E-state index contributed by atoms with van der Waals surface area (Å²) >= 11 is 0. The fourth-order valence-corrected chi connectivity index (χ4v) is 2.85. The molecule has 0 unspecified atom stereocenters. The predicted octanol–water partition coefficient (Wildman–Crippen LogP) is 0.243. The second kappa shape index (κ2) is 5.51. The maximum absolute atomic E-state index is 11.9. The third-order valence-corrected chi connectivity index (χ3v) is 3.73. The van der Waals surface area contributed by atoms with Gasteiger partial charge in [-0.05, 0) is 12.8 Å². The van der Waals surface area contributed by atoms with E-state index in [1.807, 2.05) is 0 Å². The molecule has 1 aliphatic carbocycles. The van der Waals surface area contributed by atoms with E-state index < -0.39 is 29.0 Å². The van der Waals surface area contributed by atoms with Gasteiger partial charge in [0.15, 0.2) is 0 Å². The number of hydrogen-bond donors (Lipinski definition) is 3. The molecule has 17 heavy (non-hydrogen) atoms. The maximum atomic E-state index is 11.9. The van der Waals surface area contributed by atoms with Crippen LogP contribution in [0.25, 0.3) is 0 Å². The fraction of sp³-hybridized carbons (Fsp3) is 1.00. The van der Waals surface area contributed by atoms with Crippen molar-refractivity contribution in [3.63, 3.8) is 0 Å². The van der Waals surface area contributed by atoms with E-state index in [1.54, 1.807) is 0 Å². The Kier molecular flexibility index (Phi) is 4.76. The lowest BCUT2D eigenvalue weighted by molar-refractivity contribution is -0.121. The lowest BCUT2D eigenvalue weighted by Gasteiger charge is -2.29. The molecule has 1 fully saturated rings. The minimum absolute atomic E-state index is 0.341. The molecule has 0 aromatic rings. The van der Waals surface area contributed by atoms with Crippen molar-refractivity contribution >= 4 is 10.2 Å². The summed E-state index contributed by atoms with van der Waals surface area (Å²) in [5.74, 6) is 0. The van der Waals surface area contributed by atoms with Crippen LogP contribution in [-0.2, 0) is 10.2 Å². The van der Waals surface area contributed by atoms with Gasteiger partial charge in [-0.25, -0.2) is 0 Å². The fourth-order valence-electron chi connectivity index (χ4n) is 1.72. The maximum Gasteiger partial charge on any atom is 0.402 e. The van der Waals surface area contributed by atoms with E-state index in [2.05, 4.69) is 4.72 Å². The Morgan fingerprint density at radius 3 is 2.35 bits per heavy atom. The van der Waals surface area contributed by atoms with Crippen molar-refractivity contribution in [2.75, 3.05) is 6.54 Å². The standard InChI is InChI=1S/C8H16F3N3O2S/c9-8(10,11)5-13-17(15,16)14-7-4-2-1-3-6(7)12/h6-7,13-14H,1-5,12H2/t6-,7-/m1/s1. The SMILES string of the molecule is N[C@@H]1CCCC[C@H]1NS(=O)(=O)NCC(F)(F)F. The number of nitrogens with one attached hydrogen (secondary N) is 2. The molecule has 0 aromatic heterocycles. The minimum atomic E-state index is -4.57. The number of nitrogens with two attached hydrogens (primary N) is 1. The van der Waals surface area contributed by atoms with Crippen molar-refractivity contribution in [3.05, 3.63) is 0 Å². The molecular formula is C8H16F3N3O2S. The first-order valence-electron chi connectivity index (χ1n) is 5.29.